The van der Waals surface area contributed by atoms with Crippen molar-refractivity contribution in [2.75, 3.05) is 0 Å². The van der Waals surface area contributed by atoms with E-state index in [2.05, 4.69) is 22.9 Å². The quantitative estimate of drug-likeness (QED) is 0.700. The average molecular weight is 351 g/mol. The molecule has 1 aromatic rings. The van der Waals surface area contributed by atoms with Crippen LogP contribution in [0.5, 0.6) is 5.75 Å². The summed E-state index contributed by atoms with van der Waals surface area (Å²) in [4.78, 5) is 12.5. The molecule has 114 valence electrons. The number of hydrogen-bond donors (Lipinski definition) is 0. The summed E-state index contributed by atoms with van der Waals surface area (Å²) in [5.41, 5.74) is 0.506. The molecule has 21 heavy (non-hydrogen) atoms. The second-order valence-corrected chi connectivity index (χ2v) is 7.53. The van der Waals surface area contributed by atoms with Crippen molar-refractivity contribution in [1.29, 1.82) is 0 Å². The molecule has 3 heteroatoms. The summed E-state index contributed by atoms with van der Waals surface area (Å²) in [7, 11) is 0. The van der Waals surface area contributed by atoms with Crippen LogP contribution in [-0.2, 0) is 0 Å². The summed E-state index contributed by atoms with van der Waals surface area (Å²) in [5, 5.41) is 0. The lowest BCUT2D eigenvalue weighted by Gasteiger charge is -2.37. The minimum Gasteiger partial charge on any atom is -0.486 e. The lowest BCUT2D eigenvalue weighted by atomic mass is 9.84. The van der Waals surface area contributed by atoms with E-state index in [1.54, 1.807) is 0 Å². The minimum absolute atomic E-state index is 0.243. The largest absolute Gasteiger partial charge is 0.486 e. The molecule has 0 N–H and O–H groups in total. The van der Waals surface area contributed by atoms with Crippen LogP contribution in [0.4, 0.5) is 0 Å². The van der Waals surface area contributed by atoms with E-state index in [1.807, 2.05) is 18.2 Å². The molecular weight excluding hydrogens is 328 g/mol. The summed E-state index contributed by atoms with van der Waals surface area (Å²) in [6, 6.07) is 5.75. The van der Waals surface area contributed by atoms with Crippen molar-refractivity contribution in [3.8, 4) is 5.75 Å². The lowest BCUT2D eigenvalue weighted by molar-refractivity contribution is 0.0288. The Labute approximate surface area is 135 Å². The van der Waals surface area contributed by atoms with E-state index >= 15 is 0 Å². The molecule has 0 bridgehead atoms. The number of carbonyl (C=O) groups excluding carboxylic acids is 1. The van der Waals surface area contributed by atoms with Gasteiger partial charge in [-0.15, -0.1) is 0 Å². The molecule has 1 saturated carbocycles. The average Bonchev–Trinajstić information content (AvgIpc) is 2.62. The van der Waals surface area contributed by atoms with Crippen LogP contribution in [0.1, 0.15) is 68.6 Å². The molecule has 1 fully saturated rings. The van der Waals surface area contributed by atoms with E-state index in [0.29, 0.717) is 6.42 Å². The number of halogens is 1. The third-order valence-electron chi connectivity index (χ3n) is 5.00. The van der Waals surface area contributed by atoms with E-state index in [9.17, 15) is 4.79 Å². The number of ether oxygens (including phenoxy) is 1. The first-order chi connectivity index (χ1) is 10.1. The molecule has 1 aromatic carbocycles. The number of ketones is 1. The van der Waals surface area contributed by atoms with Crippen LogP contribution in [0.2, 0.25) is 0 Å². The Morgan fingerprint density at radius 2 is 2.19 bits per heavy atom. The summed E-state index contributed by atoms with van der Waals surface area (Å²) in [6.45, 7) is 2.26. The molecule has 2 unspecified atom stereocenters. The molecule has 0 aromatic heterocycles. The molecule has 3 rings (SSSR count). The van der Waals surface area contributed by atoms with Gasteiger partial charge in [-0.05, 0) is 49.8 Å². The molecule has 1 aliphatic carbocycles. The second kappa shape index (κ2) is 6.12. The number of rotatable bonds is 2. The molecular formula is C18H23BrO2. The van der Waals surface area contributed by atoms with Crippen LogP contribution in [-0.4, -0.2) is 11.4 Å². The standard InChI is InChI=1S/C18H23BrO2/c1-2-4-13-5-3-9-18(10-8-13)12-16(20)15-7-6-14(19)11-17(15)21-18/h6-7,11,13H,2-5,8-10,12H2,1H3. The Kier molecular flexibility index (Phi) is 4.39. The van der Waals surface area contributed by atoms with Crippen molar-refractivity contribution in [2.45, 2.75) is 63.9 Å². The molecule has 1 heterocycles. The zero-order valence-corrected chi connectivity index (χ0v) is 14.2. The lowest BCUT2D eigenvalue weighted by Crippen LogP contribution is -2.41. The van der Waals surface area contributed by atoms with Crippen LogP contribution in [0.3, 0.4) is 0 Å². The molecule has 0 radical (unpaired) electrons. The van der Waals surface area contributed by atoms with Crippen LogP contribution >= 0.6 is 15.9 Å². The smallest absolute Gasteiger partial charge is 0.170 e. The third kappa shape index (κ3) is 3.18. The highest BCUT2D eigenvalue weighted by Crippen LogP contribution is 2.43. The molecule has 1 aliphatic heterocycles. The second-order valence-electron chi connectivity index (χ2n) is 6.61. The van der Waals surface area contributed by atoms with E-state index in [0.717, 1.165) is 34.5 Å². The van der Waals surface area contributed by atoms with Gasteiger partial charge >= 0.3 is 0 Å². The number of Topliss-reactive ketones (excluding diaryl/α,β-unsaturated/α-hetero) is 1. The Hall–Kier alpha value is -0.830. The first kappa shape index (κ1) is 15.1. The predicted octanol–water partition coefficient (Wildman–Crippen LogP) is 5.53. The van der Waals surface area contributed by atoms with Crippen LogP contribution < -0.4 is 4.74 Å². The van der Waals surface area contributed by atoms with Gasteiger partial charge in [-0.2, -0.15) is 0 Å². The maximum absolute atomic E-state index is 12.5. The van der Waals surface area contributed by atoms with Gasteiger partial charge in [0.2, 0.25) is 0 Å². The van der Waals surface area contributed by atoms with Crippen molar-refractivity contribution in [2.24, 2.45) is 5.92 Å². The fraction of sp³-hybridized carbons (Fsp3) is 0.611. The summed E-state index contributed by atoms with van der Waals surface area (Å²) >= 11 is 3.48. The van der Waals surface area contributed by atoms with Gasteiger partial charge in [0.15, 0.2) is 5.78 Å². The van der Waals surface area contributed by atoms with Gasteiger partial charge in [0.05, 0.1) is 12.0 Å². The first-order valence-corrected chi connectivity index (χ1v) is 8.93. The molecule has 0 saturated heterocycles. The number of carbonyl (C=O) groups is 1. The van der Waals surface area contributed by atoms with Crippen LogP contribution in [0.15, 0.2) is 22.7 Å². The van der Waals surface area contributed by atoms with Crippen molar-refractivity contribution in [3.05, 3.63) is 28.2 Å². The van der Waals surface area contributed by atoms with Gasteiger partial charge in [-0.3, -0.25) is 4.79 Å². The molecule has 0 amide bonds. The monoisotopic (exact) mass is 350 g/mol. The van der Waals surface area contributed by atoms with Crippen molar-refractivity contribution >= 4 is 21.7 Å². The highest BCUT2D eigenvalue weighted by Gasteiger charge is 2.41. The summed E-state index contributed by atoms with van der Waals surface area (Å²) in [6.07, 6.45) is 8.84. The van der Waals surface area contributed by atoms with E-state index < -0.39 is 0 Å². The van der Waals surface area contributed by atoms with Gasteiger partial charge in [0.1, 0.15) is 11.4 Å². The first-order valence-electron chi connectivity index (χ1n) is 8.14. The number of benzene rings is 1. The normalized spacial score (nSPS) is 28.9. The Morgan fingerprint density at radius 1 is 1.33 bits per heavy atom. The number of hydrogen-bond acceptors (Lipinski definition) is 2. The maximum Gasteiger partial charge on any atom is 0.170 e. The zero-order valence-electron chi connectivity index (χ0n) is 12.7. The van der Waals surface area contributed by atoms with Crippen LogP contribution in [0.25, 0.3) is 0 Å². The van der Waals surface area contributed by atoms with Gasteiger partial charge < -0.3 is 4.74 Å². The van der Waals surface area contributed by atoms with Crippen molar-refractivity contribution in [3.63, 3.8) is 0 Å². The Balaban J connectivity index is 1.82. The van der Waals surface area contributed by atoms with Gasteiger partial charge in [-0.25, -0.2) is 0 Å². The van der Waals surface area contributed by atoms with Crippen molar-refractivity contribution < 1.29 is 9.53 Å². The van der Waals surface area contributed by atoms with Gasteiger partial charge in [0, 0.05) is 4.47 Å². The molecule has 2 aliphatic rings. The molecule has 2 atom stereocenters. The third-order valence-corrected chi connectivity index (χ3v) is 5.50. The topological polar surface area (TPSA) is 26.3 Å². The number of fused-ring (bicyclic) bond motifs is 1. The molecule has 2 nitrogen and oxygen atoms in total. The van der Waals surface area contributed by atoms with E-state index in [-0.39, 0.29) is 11.4 Å². The zero-order chi connectivity index (χ0) is 14.9. The predicted molar refractivity (Wildman–Crippen MR) is 87.9 cm³/mol. The van der Waals surface area contributed by atoms with Gasteiger partial charge in [-0.1, -0.05) is 42.1 Å². The Bertz CT molecular complexity index is 540. The fourth-order valence-corrected chi connectivity index (χ4v) is 4.23. The SMILES string of the molecule is CCCC1CCCC2(CC1)CC(=O)c1ccc(Br)cc1O2. The highest BCUT2D eigenvalue weighted by molar-refractivity contribution is 9.10. The fourth-order valence-electron chi connectivity index (χ4n) is 3.89. The van der Waals surface area contributed by atoms with Gasteiger partial charge in [0.25, 0.3) is 0 Å². The van der Waals surface area contributed by atoms with Crippen molar-refractivity contribution in [1.82, 2.24) is 0 Å². The summed E-state index contributed by atoms with van der Waals surface area (Å²) < 4.78 is 7.34. The minimum atomic E-state index is -0.243. The maximum atomic E-state index is 12.5. The van der Waals surface area contributed by atoms with E-state index in [4.69, 9.17) is 4.74 Å². The highest BCUT2D eigenvalue weighted by atomic mass is 79.9. The van der Waals surface area contributed by atoms with Crippen LogP contribution in [0, 0.1) is 5.92 Å². The summed E-state index contributed by atoms with van der Waals surface area (Å²) in [5.74, 6) is 1.84. The molecule has 1 spiro atoms. The van der Waals surface area contributed by atoms with E-state index in [1.165, 1.54) is 32.1 Å². The Morgan fingerprint density at radius 3 is 3.00 bits per heavy atom.